The van der Waals surface area contributed by atoms with Gasteiger partial charge in [0.2, 0.25) is 11.5 Å². The molecule has 52 heavy (non-hydrogen) atoms. The minimum atomic E-state index is -1.03. The molecule has 8 rings (SSSR count). The summed E-state index contributed by atoms with van der Waals surface area (Å²) in [6.45, 7) is 7.65. The van der Waals surface area contributed by atoms with Gasteiger partial charge in [-0.15, -0.1) is 0 Å². The number of carboxylic acids is 4. The molecule has 0 unspecified atom stereocenters. The Morgan fingerprint density at radius 3 is 1.65 bits per heavy atom. The third-order valence-corrected chi connectivity index (χ3v) is 7.62. The number of aromatic carboxylic acids is 4. The number of benzene rings is 4. The standard InChI is InChI=1S/4C10H8O3/c1-6-4-7-2-3-8(10(11)12)5-9(7)13-6;1-6-2-3-8-7(4-6)5-9(13-8)10(11)12;1-6-2-3-7-8(10(11)12)5-13-9(7)4-6;1-6-2-3-7-5-9(10(11)12)13-8(7)4-6/h4*2-5H,1H3,(H,11,12). The van der Waals surface area contributed by atoms with Crippen LogP contribution in [0.4, 0.5) is 0 Å². The lowest BCUT2D eigenvalue weighted by Gasteiger charge is -1.92. The molecule has 0 fully saturated rings. The predicted octanol–water partition coefficient (Wildman–Crippen LogP) is 9.76. The maximum atomic E-state index is 10.7. The minimum absolute atomic E-state index is 0.0133. The number of hydrogen-bond donors (Lipinski definition) is 4. The molecular formula is C40H32O12. The Bertz CT molecular complexity index is 2470. The summed E-state index contributed by atoms with van der Waals surface area (Å²) in [7, 11) is 0. The molecule has 0 atom stereocenters. The maximum absolute atomic E-state index is 10.7. The van der Waals surface area contributed by atoms with E-state index < -0.39 is 23.9 Å². The first-order valence-corrected chi connectivity index (χ1v) is 15.6. The SMILES string of the molecule is Cc1cc2ccc(C(=O)O)cc2o1.Cc1ccc2c(C(=O)O)coc2c1.Cc1ccc2cc(C(=O)O)oc2c1.Cc1ccc2oc(C(=O)O)cc2c1. The third-order valence-electron chi connectivity index (χ3n) is 7.62. The summed E-state index contributed by atoms with van der Waals surface area (Å²) in [6.07, 6.45) is 1.27. The topological polar surface area (TPSA) is 202 Å². The van der Waals surface area contributed by atoms with Crippen LogP contribution in [0.5, 0.6) is 0 Å². The van der Waals surface area contributed by atoms with Crippen molar-refractivity contribution in [1.82, 2.24) is 0 Å². The smallest absolute Gasteiger partial charge is 0.371 e. The van der Waals surface area contributed by atoms with E-state index in [4.69, 9.17) is 38.1 Å². The highest BCUT2D eigenvalue weighted by Crippen LogP contribution is 2.23. The van der Waals surface area contributed by atoms with Crippen LogP contribution in [-0.4, -0.2) is 44.3 Å². The fraction of sp³-hybridized carbons (Fsp3) is 0.100. The summed E-state index contributed by atoms with van der Waals surface area (Å²) in [4.78, 5) is 42.4. The van der Waals surface area contributed by atoms with Crippen molar-refractivity contribution in [2.45, 2.75) is 27.7 Å². The summed E-state index contributed by atoms with van der Waals surface area (Å²) >= 11 is 0. The molecule has 0 amide bonds. The number of carboxylic acid groups (broad SMARTS) is 4. The molecular weight excluding hydrogens is 672 g/mol. The van der Waals surface area contributed by atoms with Crippen LogP contribution in [0.15, 0.2) is 115 Å². The summed E-state index contributed by atoms with van der Waals surface area (Å²) in [5.41, 5.74) is 6.15. The van der Waals surface area contributed by atoms with Crippen LogP contribution in [0.3, 0.4) is 0 Å². The van der Waals surface area contributed by atoms with Gasteiger partial charge in [0.15, 0.2) is 0 Å². The van der Waals surface area contributed by atoms with Gasteiger partial charge in [0.25, 0.3) is 0 Å². The van der Waals surface area contributed by atoms with Crippen LogP contribution in [0.2, 0.25) is 0 Å². The lowest BCUT2D eigenvalue weighted by atomic mass is 10.1. The fourth-order valence-electron chi connectivity index (χ4n) is 5.11. The minimum Gasteiger partial charge on any atom is -0.478 e. The molecule has 8 aromatic rings. The Morgan fingerprint density at radius 2 is 1.00 bits per heavy atom. The molecule has 0 aliphatic heterocycles. The number of hydrogen-bond acceptors (Lipinski definition) is 8. The monoisotopic (exact) mass is 704 g/mol. The zero-order chi connectivity index (χ0) is 37.7. The molecule has 0 radical (unpaired) electrons. The lowest BCUT2D eigenvalue weighted by molar-refractivity contribution is 0.0655. The highest BCUT2D eigenvalue weighted by molar-refractivity contribution is 6.02. The van der Waals surface area contributed by atoms with E-state index in [0.717, 1.165) is 38.6 Å². The highest BCUT2D eigenvalue weighted by Gasteiger charge is 2.12. The first kappa shape index (κ1) is 36.2. The normalized spacial score (nSPS) is 10.5. The number of fused-ring (bicyclic) bond motifs is 4. The molecule has 264 valence electrons. The molecule has 0 bridgehead atoms. The van der Waals surface area contributed by atoms with Crippen molar-refractivity contribution < 1.29 is 57.3 Å². The molecule has 0 saturated heterocycles. The third kappa shape index (κ3) is 8.55. The Balaban J connectivity index is 0.000000134. The van der Waals surface area contributed by atoms with Gasteiger partial charge in [-0.25, -0.2) is 19.2 Å². The van der Waals surface area contributed by atoms with Crippen molar-refractivity contribution in [3.63, 3.8) is 0 Å². The van der Waals surface area contributed by atoms with Crippen LogP contribution in [-0.2, 0) is 0 Å². The molecule has 4 N–H and O–H groups in total. The van der Waals surface area contributed by atoms with Gasteiger partial charge < -0.3 is 38.1 Å². The molecule has 0 aliphatic carbocycles. The average Bonchev–Trinajstić information content (AvgIpc) is 3.88. The predicted molar refractivity (Wildman–Crippen MR) is 192 cm³/mol. The van der Waals surface area contributed by atoms with Gasteiger partial charge in [-0.05, 0) is 99.5 Å². The summed E-state index contributed by atoms with van der Waals surface area (Å²) in [5.74, 6) is -3.19. The molecule has 0 spiro atoms. The molecule has 12 nitrogen and oxygen atoms in total. The van der Waals surface area contributed by atoms with Crippen molar-refractivity contribution in [3.05, 3.63) is 142 Å². The van der Waals surface area contributed by atoms with E-state index in [9.17, 15) is 19.2 Å². The van der Waals surface area contributed by atoms with Gasteiger partial charge in [0.05, 0.1) is 5.56 Å². The summed E-state index contributed by atoms with van der Waals surface area (Å²) < 4.78 is 20.6. The zero-order valence-corrected chi connectivity index (χ0v) is 28.3. The molecule has 4 heterocycles. The summed E-state index contributed by atoms with van der Waals surface area (Å²) in [6, 6.07) is 26.4. The van der Waals surface area contributed by atoms with Crippen molar-refractivity contribution >= 4 is 67.8 Å². The first-order valence-electron chi connectivity index (χ1n) is 15.6. The van der Waals surface area contributed by atoms with Gasteiger partial charge in [-0.2, -0.15) is 0 Å². The fourth-order valence-corrected chi connectivity index (χ4v) is 5.11. The maximum Gasteiger partial charge on any atom is 0.371 e. The number of aryl methyl sites for hydroxylation is 4. The van der Waals surface area contributed by atoms with Gasteiger partial charge in [-0.1, -0.05) is 35.9 Å². The molecule has 0 aliphatic rings. The lowest BCUT2D eigenvalue weighted by Crippen LogP contribution is -1.94. The second-order valence-corrected chi connectivity index (χ2v) is 11.8. The molecule has 4 aromatic heterocycles. The second kappa shape index (κ2) is 15.2. The molecule has 12 heteroatoms. The van der Waals surface area contributed by atoms with E-state index in [-0.39, 0.29) is 22.6 Å². The number of carbonyl (C=O) groups is 4. The van der Waals surface area contributed by atoms with Gasteiger partial charge in [0, 0.05) is 21.5 Å². The van der Waals surface area contributed by atoms with Crippen LogP contribution >= 0.6 is 0 Å². The van der Waals surface area contributed by atoms with E-state index in [2.05, 4.69) is 0 Å². The highest BCUT2D eigenvalue weighted by atomic mass is 16.4. The van der Waals surface area contributed by atoms with Crippen molar-refractivity contribution in [2.24, 2.45) is 0 Å². The van der Waals surface area contributed by atoms with Gasteiger partial charge in [-0.3, -0.25) is 0 Å². The van der Waals surface area contributed by atoms with Crippen LogP contribution in [0, 0.1) is 27.7 Å². The van der Waals surface area contributed by atoms with E-state index >= 15 is 0 Å². The Kier molecular flexibility index (Phi) is 10.6. The van der Waals surface area contributed by atoms with Crippen LogP contribution < -0.4 is 0 Å². The van der Waals surface area contributed by atoms with E-state index in [1.165, 1.54) is 24.5 Å². The largest absolute Gasteiger partial charge is 0.478 e. The van der Waals surface area contributed by atoms with Crippen molar-refractivity contribution in [3.8, 4) is 0 Å². The van der Waals surface area contributed by atoms with Gasteiger partial charge in [0.1, 0.15) is 39.9 Å². The Hall–Kier alpha value is -7.08. The quantitative estimate of drug-likeness (QED) is 0.135. The van der Waals surface area contributed by atoms with Crippen LogP contribution in [0.1, 0.15) is 64.3 Å². The van der Waals surface area contributed by atoms with E-state index in [0.29, 0.717) is 27.7 Å². The van der Waals surface area contributed by atoms with E-state index in [1.807, 2.05) is 76.2 Å². The second-order valence-electron chi connectivity index (χ2n) is 11.8. The summed E-state index contributed by atoms with van der Waals surface area (Å²) in [5, 5.41) is 38.1. The van der Waals surface area contributed by atoms with Crippen molar-refractivity contribution in [1.29, 1.82) is 0 Å². The number of furan rings is 4. The Labute approximate surface area is 294 Å². The van der Waals surface area contributed by atoms with Gasteiger partial charge >= 0.3 is 23.9 Å². The van der Waals surface area contributed by atoms with Crippen LogP contribution in [0.25, 0.3) is 43.9 Å². The first-order chi connectivity index (χ1) is 24.7. The van der Waals surface area contributed by atoms with Crippen molar-refractivity contribution in [2.75, 3.05) is 0 Å². The average molecular weight is 705 g/mol. The molecule has 0 saturated carbocycles. The van der Waals surface area contributed by atoms with E-state index in [1.54, 1.807) is 24.3 Å². The number of rotatable bonds is 4. The molecule has 4 aromatic carbocycles. The zero-order valence-electron chi connectivity index (χ0n) is 28.3. The Morgan fingerprint density at radius 1 is 0.462 bits per heavy atom.